The van der Waals surface area contributed by atoms with E-state index in [4.69, 9.17) is 9.47 Å². The summed E-state index contributed by atoms with van der Waals surface area (Å²) in [4.78, 5) is 19.0. The molecule has 4 rings (SSSR count). The Hall–Kier alpha value is -3.00. The zero-order valence-corrected chi connectivity index (χ0v) is 18.0. The molecule has 0 spiro atoms. The van der Waals surface area contributed by atoms with Gasteiger partial charge in [-0.3, -0.25) is 4.79 Å². The van der Waals surface area contributed by atoms with Crippen LogP contribution in [0.3, 0.4) is 0 Å². The van der Waals surface area contributed by atoms with Crippen molar-refractivity contribution in [1.82, 2.24) is 9.88 Å². The highest BCUT2D eigenvalue weighted by molar-refractivity contribution is 9.10. The summed E-state index contributed by atoms with van der Waals surface area (Å²) < 4.78 is 39.3. The third-order valence-corrected chi connectivity index (χ3v) is 5.48. The van der Waals surface area contributed by atoms with E-state index in [1.807, 2.05) is 12.1 Å². The summed E-state index contributed by atoms with van der Waals surface area (Å²) >= 11 is 3.37. The summed E-state index contributed by atoms with van der Waals surface area (Å²) in [7, 11) is 0. The summed E-state index contributed by atoms with van der Waals surface area (Å²) in [6.07, 6.45) is 2.39. The fourth-order valence-electron chi connectivity index (χ4n) is 3.35. The number of amides is 1. The first-order chi connectivity index (χ1) is 15.0. The number of hydrogen-bond acceptors (Lipinski definition) is 4. The Balaban J connectivity index is 1.40. The van der Waals surface area contributed by atoms with Gasteiger partial charge in [0.2, 0.25) is 5.88 Å². The molecule has 1 fully saturated rings. The lowest BCUT2D eigenvalue weighted by Gasteiger charge is -2.32. The maximum absolute atomic E-state index is 13.8. The lowest BCUT2D eigenvalue weighted by atomic mass is 10.1. The number of rotatable bonds is 5. The maximum atomic E-state index is 13.8. The highest BCUT2D eigenvalue weighted by Gasteiger charge is 2.27. The molecule has 1 aliphatic heterocycles. The van der Waals surface area contributed by atoms with Crippen molar-refractivity contribution in [2.24, 2.45) is 0 Å². The second kappa shape index (κ2) is 9.43. The molecule has 2 aromatic carbocycles. The Labute approximate surface area is 186 Å². The van der Waals surface area contributed by atoms with E-state index in [0.29, 0.717) is 37.2 Å². The zero-order valence-electron chi connectivity index (χ0n) is 16.4. The predicted molar refractivity (Wildman–Crippen MR) is 114 cm³/mol. The largest absolute Gasteiger partial charge is 0.487 e. The van der Waals surface area contributed by atoms with Crippen molar-refractivity contribution in [3.05, 3.63) is 82.5 Å². The predicted octanol–water partition coefficient (Wildman–Crippen LogP) is 5.60. The van der Waals surface area contributed by atoms with Crippen LogP contribution in [0.5, 0.6) is 17.4 Å². The first-order valence-electron chi connectivity index (χ1n) is 9.79. The van der Waals surface area contributed by atoms with E-state index in [9.17, 15) is 13.6 Å². The third-order valence-electron chi connectivity index (χ3n) is 4.95. The number of carbonyl (C=O) groups excluding carboxylic acids is 1. The van der Waals surface area contributed by atoms with Crippen LogP contribution in [0.25, 0.3) is 0 Å². The zero-order chi connectivity index (χ0) is 21.8. The van der Waals surface area contributed by atoms with Gasteiger partial charge in [0.1, 0.15) is 23.2 Å². The normalized spacial score (nSPS) is 14.4. The Morgan fingerprint density at radius 1 is 1.06 bits per heavy atom. The van der Waals surface area contributed by atoms with E-state index in [0.717, 1.165) is 16.6 Å². The van der Waals surface area contributed by atoms with Crippen molar-refractivity contribution >= 4 is 21.8 Å². The second-order valence-corrected chi connectivity index (χ2v) is 8.01. The molecule has 0 atom stereocenters. The molecule has 2 heterocycles. The van der Waals surface area contributed by atoms with Crippen molar-refractivity contribution in [2.75, 3.05) is 13.1 Å². The van der Waals surface area contributed by atoms with Crippen LogP contribution in [0, 0.1) is 11.6 Å². The quantitative estimate of drug-likeness (QED) is 0.469. The van der Waals surface area contributed by atoms with Crippen LogP contribution in [-0.4, -0.2) is 35.0 Å². The molecule has 0 aliphatic carbocycles. The Bertz CT molecular complexity index is 1070. The maximum Gasteiger partial charge on any atom is 0.259 e. The van der Waals surface area contributed by atoms with Crippen LogP contribution in [0.15, 0.2) is 65.3 Å². The van der Waals surface area contributed by atoms with Gasteiger partial charge in [0, 0.05) is 42.7 Å². The topological polar surface area (TPSA) is 51.7 Å². The third kappa shape index (κ3) is 5.19. The van der Waals surface area contributed by atoms with Gasteiger partial charge in [0.25, 0.3) is 5.91 Å². The molecule has 1 amide bonds. The van der Waals surface area contributed by atoms with Crippen LogP contribution < -0.4 is 9.47 Å². The molecule has 0 unspecified atom stereocenters. The number of hydrogen-bond donors (Lipinski definition) is 0. The first-order valence-corrected chi connectivity index (χ1v) is 10.6. The highest BCUT2D eigenvalue weighted by Crippen LogP contribution is 2.27. The average molecular weight is 489 g/mol. The molecule has 0 N–H and O–H groups in total. The summed E-state index contributed by atoms with van der Waals surface area (Å²) in [6, 6.07) is 13.9. The van der Waals surface area contributed by atoms with E-state index < -0.39 is 11.6 Å². The van der Waals surface area contributed by atoms with Gasteiger partial charge in [0.15, 0.2) is 11.6 Å². The van der Waals surface area contributed by atoms with Gasteiger partial charge in [-0.2, -0.15) is 0 Å². The molecule has 1 aromatic heterocycles. The van der Waals surface area contributed by atoms with Crippen molar-refractivity contribution in [3.63, 3.8) is 0 Å². The molecule has 1 aliphatic rings. The Morgan fingerprint density at radius 2 is 1.81 bits per heavy atom. The standard InChI is InChI=1S/C23H19BrF2N2O3/c24-15-3-6-17(7-4-15)31-22-19(2-1-11-27-22)23(29)28-12-9-18(10-13-28)30-21-8-5-16(25)14-20(21)26/h1-8,11,14,18H,9-10,12-13H2. The Morgan fingerprint density at radius 3 is 2.52 bits per heavy atom. The van der Waals surface area contributed by atoms with Gasteiger partial charge < -0.3 is 14.4 Å². The van der Waals surface area contributed by atoms with E-state index in [2.05, 4.69) is 20.9 Å². The summed E-state index contributed by atoms with van der Waals surface area (Å²) in [5.74, 6) is -0.743. The van der Waals surface area contributed by atoms with E-state index >= 15 is 0 Å². The van der Waals surface area contributed by atoms with Gasteiger partial charge in [-0.25, -0.2) is 13.8 Å². The minimum absolute atomic E-state index is 0.0172. The smallest absolute Gasteiger partial charge is 0.259 e. The van der Waals surface area contributed by atoms with Crippen molar-refractivity contribution in [2.45, 2.75) is 18.9 Å². The van der Waals surface area contributed by atoms with Crippen molar-refractivity contribution in [1.29, 1.82) is 0 Å². The van der Waals surface area contributed by atoms with Crippen LogP contribution in [0.1, 0.15) is 23.2 Å². The minimum atomic E-state index is -0.733. The number of likely N-dealkylation sites (tertiary alicyclic amines) is 1. The summed E-state index contributed by atoms with van der Waals surface area (Å²) in [5.41, 5.74) is 0.370. The lowest BCUT2D eigenvalue weighted by molar-refractivity contribution is 0.0585. The van der Waals surface area contributed by atoms with E-state index in [-0.39, 0.29) is 23.6 Å². The van der Waals surface area contributed by atoms with Crippen LogP contribution >= 0.6 is 15.9 Å². The number of carbonyl (C=O) groups is 1. The number of aromatic nitrogens is 1. The number of pyridine rings is 1. The molecule has 31 heavy (non-hydrogen) atoms. The molecule has 0 radical (unpaired) electrons. The van der Waals surface area contributed by atoms with Gasteiger partial charge in [-0.05, 0) is 48.5 Å². The summed E-state index contributed by atoms with van der Waals surface area (Å²) in [5, 5.41) is 0. The molecule has 1 saturated heterocycles. The number of nitrogens with zero attached hydrogens (tertiary/aromatic N) is 2. The fraction of sp³-hybridized carbons (Fsp3) is 0.217. The van der Waals surface area contributed by atoms with Crippen molar-refractivity contribution in [3.8, 4) is 17.4 Å². The number of ether oxygens (including phenoxy) is 2. The molecule has 0 saturated carbocycles. The second-order valence-electron chi connectivity index (χ2n) is 7.10. The molecular weight excluding hydrogens is 470 g/mol. The highest BCUT2D eigenvalue weighted by atomic mass is 79.9. The van der Waals surface area contributed by atoms with Gasteiger partial charge in [-0.1, -0.05) is 15.9 Å². The first kappa shape index (κ1) is 21.2. The minimum Gasteiger partial charge on any atom is -0.487 e. The molecule has 3 aromatic rings. The van der Waals surface area contributed by atoms with Crippen LogP contribution in [0.4, 0.5) is 8.78 Å². The number of halogens is 3. The SMILES string of the molecule is O=C(c1cccnc1Oc1ccc(Br)cc1)N1CCC(Oc2ccc(F)cc2F)CC1. The average Bonchev–Trinajstić information content (AvgIpc) is 2.78. The number of piperidine rings is 1. The van der Waals surface area contributed by atoms with Gasteiger partial charge in [-0.15, -0.1) is 0 Å². The summed E-state index contributed by atoms with van der Waals surface area (Å²) in [6.45, 7) is 0.887. The van der Waals surface area contributed by atoms with E-state index in [1.165, 1.54) is 6.07 Å². The molecule has 160 valence electrons. The fourth-order valence-corrected chi connectivity index (χ4v) is 3.61. The molecule has 8 heteroatoms. The monoisotopic (exact) mass is 488 g/mol. The molecule has 0 bridgehead atoms. The Kier molecular flexibility index (Phi) is 6.46. The van der Waals surface area contributed by atoms with Crippen LogP contribution in [-0.2, 0) is 0 Å². The molecule has 5 nitrogen and oxygen atoms in total. The van der Waals surface area contributed by atoms with Gasteiger partial charge >= 0.3 is 0 Å². The lowest BCUT2D eigenvalue weighted by Crippen LogP contribution is -2.42. The number of benzene rings is 2. The molecular formula is C23H19BrF2N2O3. The van der Waals surface area contributed by atoms with Gasteiger partial charge in [0.05, 0.1) is 0 Å². The van der Waals surface area contributed by atoms with Crippen molar-refractivity contribution < 1.29 is 23.0 Å². The van der Waals surface area contributed by atoms with Crippen LogP contribution in [0.2, 0.25) is 0 Å². The van der Waals surface area contributed by atoms with E-state index in [1.54, 1.807) is 35.4 Å².